The highest BCUT2D eigenvalue weighted by Crippen LogP contribution is 2.24. The number of nitrogens with one attached hydrogen (secondary N) is 1. The van der Waals surface area contributed by atoms with Crippen molar-refractivity contribution < 1.29 is 14.3 Å². The quantitative estimate of drug-likeness (QED) is 0.876. The first-order valence-corrected chi connectivity index (χ1v) is 7.48. The fourth-order valence-electron chi connectivity index (χ4n) is 2.97. The van der Waals surface area contributed by atoms with Crippen molar-refractivity contribution in [3.05, 3.63) is 30.1 Å². The molecule has 2 rings (SSSR count). The summed E-state index contributed by atoms with van der Waals surface area (Å²) >= 11 is 0. The summed E-state index contributed by atoms with van der Waals surface area (Å²) in [6.07, 6.45) is 2.30. The number of carbonyl (C=O) groups is 1. The van der Waals surface area contributed by atoms with Crippen molar-refractivity contribution in [1.29, 1.82) is 0 Å². The van der Waals surface area contributed by atoms with Crippen LogP contribution in [0.5, 0.6) is 0 Å². The molecule has 1 heterocycles. The Labute approximate surface area is 125 Å². The van der Waals surface area contributed by atoms with Gasteiger partial charge in [-0.05, 0) is 51.8 Å². The Morgan fingerprint density at radius 2 is 2.19 bits per heavy atom. The highest BCUT2D eigenvalue weighted by molar-refractivity contribution is 5.94. The maximum Gasteiger partial charge on any atom is 0.241 e. The van der Waals surface area contributed by atoms with Gasteiger partial charge in [0.1, 0.15) is 5.82 Å². The van der Waals surface area contributed by atoms with Crippen LogP contribution in [0.4, 0.5) is 10.1 Å². The van der Waals surface area contributed by atoms with Crippen molar-refractivity contribution in [1.82, 2.24) is 4.90 Å². The number of aliphatic hydroxyl groups excluding tert-OH is 1. The van der Waals surface area contributed by atoms with Gasteiger partial charge >= 0.3 is 0 Å². The number of nitrogens with zero attached hydrogens (tertiary/aromatic N) is 1. The topological polar surface area (TPSA) is 52.6 Å². The highest BCUT2D eigenvalue weighted by atomic mass is 19.1. The van der Waals surface area contributed by atoms with Crippen LogP contribution in [-0.4, -0.2) is 40.6 Å². The van der Waals surface area contributed by atoms with Crippen LogP contribution in [0.25, 0.3) is 0 Å². The summed E-state index contributed by atoms with van der Waals surface area (Å²) in [5.74, 6) is -0.641. The van der Waals surface area contributed by atoms with Crippen LogP contribution in [0.15, 0.2) is 24.3 Å². The molecule has 1 amide bonds. The standard InChI is InChI=1S/C16H23FN2O2/c1-11(20)10-13-6-5-9-19(13)12(2)16(21)18-15-8-4-3-7-14(15)17/h3-4,7-8,11-13,20H,5-6,9-10H2,1-2H3,(H,18,21). The van der Waals surface area contributed by atoms with E-state index in [1.165, 1.54) is 6.07 Å². The molecule has 3 atom stereocenters. The van der Waals surface area contributed by atoms with E-state index in [0.29, 0.717) is 6.42 Å². The van der Waals surface area contributed by atoms with Gasteiger partial charge < -0.3 is 10.4 Å². The Hall–Kier alpha value is -1.46. The third-order valence-corrected chi connectivity index (χ3v) is 4.04. The average Bonchev–Trinajstić information content (AvgIpc) is 2.87. The molecule has 0 bridgehead atoms. The molecule has 1 aromatic rings. The average molecular weight is 294 g/mol. The Morgan fingerprint density at radius 1 is 1.48 bits per heavy atom. The number of aliphatic hydroxyl groups is 1. The maximum absolute atomic E-state index is 13.6. The molecule has 0 radical (unpaired) electrons. The molecule has 116 valence electrons. The van der Waals surface area contributed by atoms with E-state index in [0.717, 1.165) is 19.4 Å². The summed E-state index contributed by atoms with van der Waals surface area (Å²) in [6.45, 7) is 4.43. The fourth-order valence-corrected chi connectivity index (χ4v) is 2.97. The van der Waals surface area contributed by atoms with Gasteiger partial charge in [0, 0.05) is 6.04 Å². The van der Waals surface area contributed by atoms with Crippen LogP contribution < -0.4 is 5.32 Å². The number of hydrogen-bond acceptors (Lipinski definition) is 3. The van der Waals surface area contributed by atoms with Gasteiger partial charge in [0.15, 0.2) is 0 Å². The number of likely N-dealkylation sites (tertiary alicyclic amines) is 1. The molecule has 4 nitrogen and oxygen atoms in total. The van der Waals surface area contributed by atoms with E-state index in [9.17, 15) is 14.3 Å². The van der Waals surface area contributed by atoms with Gasteiger partial charge in [0.2, 0.25) is 5.91 Å². The fraction of sp³-hybridized carbons (Fsp3) is 0.562. The van der Waals surface area contributed by atoms with Crippen LogP contribution in [0.3, 0.4) is 0 Å². The molecule has 5 heteroatoms. The Morgan fingerprint density at radius 3 is 2.86 bits per heavy atom. The summed E-state index contributed by atoms with van der Waals surface area (Å²) in [5, 5.41) is 12.2. The predicted molar refractivity (Wildman–Crippen MR) is 80.5 cm³/mol. The predicted octanol–water partition coefficient (Wildman–Crippen LogP) is 2.39. The molecule has 1 aliphatic heterocycles. The Balaban J connectivity index is 2.00. The molecule has 1 aromatic carbocycles. The van der Waals surface area contributed by atoms with Gasteiger partial charge in [-0.15, -0.1) is 0 Å². The van der Waals surface area contributed by atoms with Crippen LogP contribution in [0, 0.1) is 5.82 Å². The molecule has 21 heavy (non-hydrogen) atoms. The monoisotopic (exact) mass is 294 g/mol. The van der Waals surface area contributed by atoms with Gasteiger partial charge in [-0.25, -0.2) is 4.39 Å². The number of para-hydroxylation sites is 1. The molecule has 3 unspecified atom stereocenters. The van der Waals surface area contributed by atoms with Crippen LogP contribution in [0.1, 0.15) is 33.1 Å². The zero-order chi connectivity index (χ0) is 15.4. The van der Waals surface area contributed by atoms with E-state index in [-0.39, 0.29) is 29.8 Å². The maximum atomic E-state index is 13.6. The second-order valence-corrected chi connectivity index (χ2v) is 5.76. The largest absolute Gasteiger partial charge is 0.393 e. The first-order chi connectivity index (χ1) is 9.99. The van der Waals surface area contributed by atoms with E-state index >= 15 is 0 Å². The van der Waals surface area contributed by atoms with Crippen molar-refractivity contribution in [3.63, 3.8) is 0 Å². The first kappa shape index (κ1) is 15.9. The third kappa shape index (κ3) is 4.02. The van der Waals surface area contributed by atoms with Crippen LogP contribution in [0.2, 0.25) is 0 Å². The summed E-state index contributed by atoms with van der Waals surface area (Å²) in [6, 6.07) is 6.04. The Bertz CT molecular complexity index is 493. The minimum atomic E-state index is -0.431. The summed E-state index contributed by atoms with van der Waals surface area (Å²) in [4.78, 5) is 14.4. The second kappa shape index (κ2) is 7.00. The lowest BCUT2D eigenvalue weighted by Crippen LogP contribution is -2.45. The number of halogens is 1. The molecule has 0 spiro atoms. The van der Waals surface area contributed by atoms with Gasteiger partial charge in [-0.3, -0.25) is 9.69 Å². The third-order valence-electron chi connectivity index (χ3n) is 4.04. The smallest absolute Gasteiger partial charge is 0.241 e. The Kier molecular flexibility index (Phi) is 5.31. The zero-order valence-corrected chi connectivity index (χ0v) is 12.6. The first-order valence-electron chi connectivity index (χ1n) is 7.48. The number of hydrogen-bond donors (Lipinski definition) is 2. The van der Waals surface area contributed by atoms with Gasteiger partial charge in [0.25, 0.3) is 0 Å². The van der Waals surface area contributed by atoms with E-state index in [2.05, 4.69) is 10.2 Å². The van der Waals surface area contributed by atoms with E-state index in [1.54, 1.807) is 25.1 Å². The lowest BCUT2D eigenvalue weighted by Gasteiger charge is -2.30. The normalized spacial score (nSPS) is 22.0. The van der Waals surface area contributed by atoms with Gasteiger partial charge in [-0.2, -0.15) is 0 Å². The number of carbonyl (C=O) groups excluding carboxylic acids is 1. The molecule has 0 aromatic heterocycles. The molecule has 2 N–H and O–H groups in total. The summed E-state index contributed by atoms with van der Waals surface area (Å²) in [5.41, 5.74) is 0.209. The molecular weight excluding hydrogens is 271 g/mol. The lowest BCUT2D eigenvalue weighted by atomic mass is 10.1. The van der Waals surface area contributed by atoms with E-state index in [4.69, 9.17) is 0 Å². The van der Waals surface area contributed by atoms with Crippen molar-refractivity contribution in [3.8, 4) is 0 Å². The number of benzene rings is 1. The van der Waals surface area contributed by atoms with Crippen LogP contribution >= 0.6 is 0 Å². The summed E-state index contributed by atoms with van der Waals surface area (Å²) in [7, 11) is 0. The minimum absolute atomic E-state index is 0.209. The molecule has 0 aliphatic carbocycles. The second-order valence-electron chi connectivity index (χ2n) is 5.76. The number of anilines is 1. The molecule has 0 saturated carbocycles. The lowest BCUT2D eigenvalue weighted by molar-refractivity contribution is -0.121. The van der Waals surface area contributed by atoms with E-state index in [1.807, 2.05) is 6.92 Å². The molecule has 1 saturated heterocycles. The van der Waals surface area contributed by atoms with Crippen molar-refractivity contribution in [2.45, 2.75) is 51.3 Å². The van der Waals surface area contributed by atoms with Crippen molar-refractivity contribution in [2.75, 3.05) is 11.9 Å². The van der Waals surface area contributed by atoms with Gasteiger partial charge in [0.05, 0.1) is 17.8 Å². The molecular formula is C16H23FN2O2. The van der Waals surface area contributed by atoms with Gasteiger partial charge in [-0.1, -0.05) is 12.1 Å². The van der Waals surface area contributed by atoms with Crippen molar-refractivity contribution in [2.24, 2.45) is 0 Å². The SMILES string of the molecule is CC(O)CC1CCCN1C(C)C(=O)Nc1ccccc1F. The molecule has 1 fully saturated rings. The summed E-state index contributed by atoms with van der Waals surface area (Å²) < 4.78 is 13.6. The number of rotatable bonds is 5. The van der Waals surface area contributed by atoms with E-state index < -0.39 is 5.82 Å². The number of amides is 1. The molecule has 1 aliphatic rings. The highest BCUT2D eigenvalue weighted by Gasteiger charge is 2.32. The zero-order valence-electron chi connectivity index (χ0n) is 12.6. The van der Waals surface area contributed by atoms with Crippen LogP contribution in [-0.2, 0) is 4.79 Å². The van der Waals surface area contributed by atoms with Crippen molar-refractivity contribution >= 4 is 11.6 Å². The minimum Gasteiger partial charge on any atom is -0.393 e.